The Labute approximate surface area is 188 Å². The van der Waals surface area contributed by atoms with Crippen molar-refractivity contribution < 1.29 is 13.2 Å². The van der Waals surface area contributed by atoms with Crippen LogP contribution in [-0.2, 0) is 15.4 Å². The Morgan fingerprint density at radius 3 is 2.45 bits per heavy atom. The Balaban J connectivity index is 2.07. The SMILES string of the molecule is CCCCCCCOc1ccccc1/C=N/NS(=O)(=O)c1cc(C(C)(C)C)ccc1C. The number of rotatable bonds is 11. The Hall–Kier alpha value is -2.34. The molecule has 0 aliphatic heterocycles. The minimum Gasteiger partial charge on any atom is -0.493 e. The van der Waals surface area contributed by atoms with Crippen LogP contribution in [-0.4, -0.2) is 21.2 Å². The zero-order chi connectivity index (χ0) is 22.9. The number of para-hydroxylation sites is 1. The van der Waals surface area contributed by atoms with E-state index in [1.165, 1.54) is 25.5 Å². The predicted octanol–water partition coefficient (Wildman–Crippen LogP) is 5.95. The van der Waals surface area contributed by atoms with Crippen LogP contribution in [0.4, 0.5) is 0 Å². The fourth-order valence-corrected chi connectivity index (χ4v) is 4.24. The lowest BCUT2D eigenvalue weighted by Gasteiger charge is -2.20. The van der Waals surface area contributed by atoms with Gasteiger partial charge in [-0.25, -0.2) is 4.83 Å². The molecule has 0 bridgehead atoms. The summed E-state index contributed by atoms with van der Waals surface area (Å²) in [6, 6.07) is 13.0. The number of ether oxygens (including phenoxy) is 1. The number of nitrogens with zero attached hydrogens (tertiary/aromatic N) is 1. The summed E-state index contributed by atoms with van der Waals surface area (Å²) in [6.07, 6.45) is 7.34. The van der Waals surface area contributed by atoms with Gasteiger partial charge in [-0.1, -0.05) is 77.6 Å². The molecule has 0 spiro atoms. The maximum atomic E-state index is 12.8. The van der Waals surface area contributed by atoms with Crippen LogP contribution in [0.2, 0.25) is 0 Å². The van der Waals surface area contributed by atoms with Gasteiger partial charge in [-0.05, 0) is 48.1 Å². The lowest BCUT2D eigenvalue weighted by atomic mass is 9.87. The molecule has 6 heteroatoms. The van der Waals surface area contributed by atoms with E-state index in [1.54, 1.807) is 13.0 Å². The summed E-state index contributed by atoms with van der Waals surface area (Å²) in [5.74, 6) is 0.701. The summed E-state index contributed by atoms with van der Waals surface area (Å²) in [4.78, 5) is 2.59. The van der Waals surface area contributed by atoms with Gasteiger partial charge in [0.05, 0.1) is 17.7 Å². The fraction of sp³-hybridized carbons (Fsp3) is 0.480. The summed E-state index contributed by atoms with van der Waals surface area (Å²) in [5, 5.41) is 4.01. The molecule has 2 aromatic carbocycles. The lowest BCUT2D eigenvalue weighted by molar-refractivity contribution is 0.304. The van der Waals surface area contributed by atoms with Gasteiger partial charge in [-0.15, -0.1) is 0 Å². The molecule has 2 rings (SSSR count). The van der Waals surface area contributed by atoms with E-state index >= 15 is 0 Å². The second-order valence-electron chi connectivity index (χ2n) is 8.88. The van der Waals surface area contributed by atoms with E-state index in [9.17, 15) is 8.42 Å². The number of hydrogen-bond donors (Lipinski definition) is 1. The van der Waals surface area contributed by atoms with Gasteiger partial charge in [-0.2, -0.15) is 13.5 Å². The normalized spacial score (nSPS) is 12.3. The molecule has 0 aliphatic carbocycles. The quantitative estimate of drug-likeness (QED) is 0.264. The number of hydrazone groups is 1. The third-order valence-corrected chi connectivity index (χ3v) is 6.51. The first-order chi connectivity index (χ1) is 14.6. The summed E-state index contributed by atoms with van der Waals surface area (Å²) in [6.45, 7) is 10.8. The van der Waals surface area contributed by atoms with Crippen LogP contribution in [0.15, 0.2) is 52.5 Å². The molecular formula is C25H36N2O3S. The van der Waals surface area contributed by atoms with Gasteiger partial charge >= 0.3 is 0 Å². The highest BCUT2D eigenvalue weighted by molar-refractivity contribution is 7.89. The molecule has 0 unspecified atom stereocenters. The maximum absolute atomic E-state index is 12.8. The fourth-order valence-electron chi connectivity index (χ4n) is 3.18. The third-order valence-electron chi connectivity index (χ3n) is 5.14. The molecule has 5 nitrogen and oxygen atoms in total. The molecule has 0 amide bonds. The summed E-state index contributed by atoms with van der Waals surface area (Å²) >= 11 is 0. The van der Waals surface area contributed by atoms with E-state index in [4.69, 9.17) is 4.74 Å². The molecule has 0 aliphatic rings. The van der Waals surface area contributed by atoms with Gasteiger partial charge in [0.15, 0.2) is 0 Å². The van der Waals surface area contributed by atoms with Gasteiger partial charge in [0.25, 0.3) is 10.0 Å². The Morgan fingerprint density at radius 1 is 1.03 bits per heavy atom. The molecule has 0 aromatic heterocycles. The third kappa shape index (κ3) is 7.69. The van der Waals surface area contributed by atoms with Crippen molar-refractivity contribution in [1.29, 1.82) is 0 Å². The number of aryl methyl sites for hydroxylation is 1. The van der Waals surface area contributed by atoms with Crippen LogP contribution in [0, 0.1) is 6.92 Å². The van der Waals surface area contributed by atoms with Gasteiger partial charge in [0.2, 0.25) is 0 Å². The van der Waals surface area contributed by atoms with Gasteiger partial charge in [0, 0.05) is 5.56 Å². The van der Waals surface area contributed by atoms with E-state index in [-0.39, 0.29) is 10.3 Å². The molecule has 0 radical (unpaired) electrons. The first-order valence-corrected chi connectivity index (χ1v) is 12.5. The lowest BCUT2D eigenvalue weighted by Crippen LogP contribution is -2.21. The Morgan fingerprint density at radius 2 is 1.74 bits per heavy atom. The van der Waals surface area contributed by atoms with E-state index in [0.717, 1.165) is 24.0 Å². The van der Waals surface area contributed by atoms with Crippen molar-refractivity contribution in [3.05, 3.63) is 59.2 Å². The molecule has 31 heavy (non-hydrogen) atoms. The number of hydrogen-bond acceptors (Lipinski definition) is 4. The highest BCUT2D eigenvalue weighted by Gasteiger charge is 2.21. The van der Waals surface area contributed by atoms with Crippen molar-refractivity contribution in [3.63, 3.8) is 0 Å². The molecule has 170 valence electrons. The van der Waals surface area contributed by atoms with Gasteiger partial charge in [-0.3, -0.25) is 0 Å². The Kier molecular flexibility index (Phi) is 9.11. The molecule has 0 saturated carbocycles. The summed E-state index contributed by atoms with van der Waals surface area (Å²) in [5.41, 5.74) is 2.23. The van der Waals surface area contributed by atoms with Crippen molar-refractivity contribution in [2.24, 2.45) is 5.10 Å². The van der Waals surface area contributed by atoms with E-state index in [1.807, 2.05) is 36.4 Å². The Bertz CT molecular complexity index is 977. The monoisotopic (exact) mass is 444 g/mol. The first-order valence-electron chi connectivity index (χ1n) is 11.0. The van der Waals surface area contributed by atoms with Crippen LogP contribution in [0.5, 0.6) is 5.75 Å². The number of sulfonamides is 1. The summed E-state index contributed by atoms with van der Waals surface area (Å²) < 4.78 is 31.6. The molecular weight excluding hydrogens is 408 g/mol. The van der Waals surface area contributed by atoms with Gasteiger partial charge < -0.3 is 4.74 Å². The first kappa shape index (κ1) is 24.9. The smallest absolute Gasteiger partial charge is 0.276 e. The standard InChI is InChI=1S/C25H36N2O3S/c1-6-7-8-9-12-17-30-23-14-11-10-13-21(23)19-26-27-31(28,29)24-18-22(25(3,4)5)16-15-20(24)2/h10-11,13-16,18-19,27H,6-9,12,17H2,1-5H3/b26-19+. The van der Waals surface area contributed by atoms with Crippen LogP contribution >= 0.6 is 0 Å². The van der Waals surface area contributed by atoms with Crippen LogP contribution in [0.3, 0.4) is 0 Å². The van der Waals surface area contributed by atoms with E-state index < -0.39 is 10.0 Å². The molecule has 0 saturated heterocycles. The van der Waals surface area contributed by atoms with Crippen molar-refractivity contribution in [2.75, 3.05) is 6.61 Å². The minimum atomic E-state index is -3.78. The van der Waals surface area contributed by atoms with Gasteiger partial charge in [0.1, 0.15) is 5.75 Å². The molecule has 0 atom stereocenters. The van der Waals surface area contributed by atoms with E-state index in [0.29, 0.717) is 17.9 Å². The van der Waals surface area contributed by atoms with Crippen molar-refractivity contribution >= 4 is 16.2 Å². The second kappa shape index (κ2) is 11.3. The average Bonchev–Trinajstić information content (AvgIpc) is 2.71. The number of nitrogens with one attached hydrogen (secondary N) is 1. The minimum absolute atomic E-state index is 0.145. The summed E-state index contributed by atoms with van der Waals surface area (Å²) in [7, 11) is -3.78. The molecule has 2 aromatic rings. The largest absolute Gasteiger partial charge is 0.493 e. The molecule has 0 fully saturated rings. The van der Waals surface area contributed by atoms with Crippen LogP contribution in [0.1, 0.15) is 76.5 Å². The van der Waals surface area contributed by atoms with Crippen LogP contribution < -0.4 is 9.57 Å². The molecule has 1 N–H and O–H groups in total. The van der Waals surface area contributed by atoms with Crippen molar-refractivity contribution in [1.82, 2.24) is 4.83 Å². The number of benzene rings is 2. The van der Waals surface area contributed by atoms with E-state index in [2.05, 4.69) is 37.6 Å². The topological polar surface area (TPSA) is 67.8 Å². The van der Waals surface area contributed by atoms with Crippen LogP contribution in [0.25, 0.3) is 0 Å². The second-order valence-corrected chi connectivity index (χ2v) is 10.5. The highest BCUT2D eigenvalue weighted by Crippen LogP contribution is 2.26. The number of unbranched alkanes of at least 4 members (excludes halogenated alkanes) is 4. The zero-order valence-corrected chi connectivity index (χ0v) is 20.3. The average molecular weight is 445 g/mol. The van der Waals surface area contributed by atoms with Crippen molar-refractivity contribution in [3.8, 4) is 5.75 Å². The molecule has 0 heterocycles. The maximum Gasteiger partial charge on any atom is 0.276 e. The van der Waals surface area contributed by atoms with Crippen molar-refractivity contribution in [2.45, 2.75) is 77.0 Å². The zero-order valence-electron chi connectivity index (χ0n) is 19.4. The predicted molar refractivity (Wildman–Crippen MR) is 128 cm³/mol. The highest BCUT2D eigenvalue weighted by atomic mass is 32.2.